The van der Waals surface area contributed by atoms with Gasteiger partial charge in [-0.2, -0.15) is 11.8 Å². The molecule has 2 fully saturated rings. The highest BCUT2D eigenvalue weighted by Gasteiger charge is 2.35. The number of hydrogen-bond donors (Lipinski definition) is 1. The second-order valence-corrected chi connectivity index (χ2v) is 7.34. The van der Waals surface area contributed by atoms with Crippen molar-refractivity contribution in [3.63, 3.8) is 0 Å². The lowest BCUT2D eigenvalue weighted by molar-refractivity contribution is 0.189. The molecular weight excluding hydrogens is 204 g/mol. The molecule has 0 spiro atoms. The first-order valence-electron chi connectivity index (χ1n) is 6.20. The Morgan fingerprint density at radius 2 is 2.13 bits per heavy atom. The Balaban J connectivity index is 1.91. The molecule has 3 heteroatoms. The summed E-state index contributed by atoms with van der Waals surface area (Å²) >= 11 is 2.12. The Labute approximate surface area is 98.0 Å². The minimum absolute atomic E-state index is 0.470. The van der Waals surface area contributed by atoms with E-state index in [2.05, 4.69) is 30.5 Å². The summed E-state index contributed by atoms with van der Waals surface area (Å²) in [4.78, 5) is 2.65. The zero-order valence-electron chi connectivity index (χ0n) is 10.0. The van der Waals surface area contributed by atoms with Crippen LogP contribution >= 0.6 is 11.8 Å². The van der Waals surface area contributed by atoms with Gasteiger partial charge in [0.1, 0.15) is 0 Å². The van der Waals surface area contributed by atoms with Crippen molar-refractivity contribution in [3.05, 3.63) is 0 Å². The quantitative estimate of drug-likeness (QED) is 0.800. The minimum Gasteiger partial charge on any atom is -0.329 e. The molecule has 0 aromatic heterocycles. The Bertz CT molecular complexity index is 214. The summed E-state index contributed by atoms with van der Waals surface area (Å²) in [7, 11) is 0. The maximum absolute atomic E-state index is 5.91. The Kier molecular flexibility index (Phi) is 3.63. The molecule has 1 aliphatic carbocycles. The fourth-order valence-electron chi connectivity index (χ4n) is 2.49. The zero-order chi connectivity index (χ0) is 10.9. The van der Waals surface area contributed by atoms with Crippen LogP contribution in [0.2, 0.25) is 0 Å². The predicted octanol–water partition coefficient (Wildman–Crippen LogP) is 1.94. The molecule has 1 unspecified atom stereocenters. The molecule has 2 N–H and O–H groups in total. The van der Waals surface area contributed by atoms with E-state index in [0.717, 1.165) is 12.5 Å². The smallest absolute Gasteiger partial charge is 0.0246 e. The highest BCUT2D eigenvalue weighted by molar-refractivity contribution is 8.00. The Morgan fingerprint density at radius 3 is 2.73 bits per heavy atom. The summed E-state index contributed by atoms with van der Waals surface area (Å²) < 4.78 is 0.470. The third-order valence-corrected chi connectivity index (χ3v) is 5.12. The van der Waals surface area contributed by atoms with Crippen LogP contribution in [0.1, 0.15) is 33.1 Å². The molecule has 0 amide bonds. The van der Waals surface area contributed by atoms with E-state index >= 15 is 0 Å². The van der Waals surface area contributed by atoms with Crippen LogP contribution in [0.5, 0.6) is 0 Å². The third-order valence-electron chi connectivity index (χ3n) is 3.75. The summed E-state index contributed by atoms with van der Waals surface area (Å²) in [6.07, 6.45) is 4.13. The normalized spacial score (nSPS) is 29.8. The predicted molar refractivity (Wildman–Crippen MR) is 68.3 cm³/mol. The van der Waals surface area contributed by atoms with Gasteiger partial charge in [0, 0.05) is 29.6 Å². The summed E-state index contributed by atoms with van der Waals surface area (Å²) in [5.41, 5.74) is 5.91. The van der Waals surface area contributed by atoms with Gasteiger partial charge in [0.05, 0.1) is 0 Å². The second kappa shape index (κ2) is 4.64. The van der Waals surface area contributed by atoms with E-state index in [4.69, 9.17) is 5.73 Å². The highest BCUT2D eigenvalue weighted by Crippen LogP contribution is 2.37. The van der Waals surface area contributed by atoms with E-state index in [1.54, 1.807) is 0 Å². The molecule has 1 aliphatic heterocycles. The summed E-state index contributed by atoms with van der Waals surface area (Å²) in [6, 6.07) is 0.680. The standard InChI is InChI=1S/C12H24N2S/c1-12(2)5-6-14(7-8-15-12)11(9-13)10-3-4-10/h10-11H,3-9,13H2,1-2H3. The third kappa shape index (κ3) is 3.11. The van der Waals surface area contributed by atoms with Crippen molar-refractivity contribution < 1.29 is 0 Å². The number of nitrogens with two attached hydrogens (primary N) is 1. The van der Waals surface area contributed by atoms with Crippen LogP contribution in [0.3, 0.4) is 0 Å². The SMILES string of the molecule is CC1(C)CCN(C(CN)C2CC2)CCS1. The molecule has 2 nitrogen and oxygen atoms in total. The van der Waals surface area contributed by atoms with E-state index in [1.807, 2.05) is 0 Å². The van der Waals surface area contributed by atoms with E-state index < -0.39 is 0 Å². The Hall–Kier alpha value is 0.270. The van der Waals surface area contributed by atoms with Gasteiger partial charge in [0.2, 0.25) is 0 Å². The van der Waals surface area contributed by atoms with Gasteiger partial charge in [-0.3, -0.25) is 4.90 Å². The lowest BCUT2D eigenvalue weighted by atomic mass is 10.1. The molecule has 1 saturated carbocycles. The largest absolute Gasteiger partial charge is 0.329 e. The van der Waals surface area contributed by atoms with Crippen molar-refractivity contribution in [1.82, 2.24) is 4.90 Å². The highest BCUT2D eigenvalue weighted by atomic mass is 32.2. The van der Waals surface area contributed by atoms with Gasteiger partial charge < -0.3 is 5.73 Å². The topological polar surface area (TPSA) is 29.3 Å². The van der Waals surface area contributed by atoms with Crippen molar-refractivity contribution in [2.45, 2.75) is 43.9 Å². The van der Waals surface area contributed by atoms with E-state index in [-0.39, 0.29) is 0 Å². The maximum Gasteiger partial charge on any atom is 0.0246 e. The van der Waals surface area contributed by atoms with Crippen molar-refractivity contribution in [2.24, 2.45) is 11.7 Å². The van der Waals surface area contributed by atoms with Crippen molar-refractivity contribution in [2.75, 3.05) is 25.4 Å². The lowest BCUT2D eigenvalue weighted by Crippen LogP contribution is -2.43. The first-order valence-corrected chi connectivity index (χ1v) is 7.19. The van der Waals surface area contributed by atoms with Gasteiger partial charge in [-0.05, 0) is 31.7 Å². The van der Waals surface area contributed by atoms with Crippen LogP contribution in [0.15, 0.2) is 0 Å². The van der Waals surface area contributed by atoms with Gasteiger partial charge in [-0.1, -0.05) is 13.8 Å². The number of rotatable bonds is 3. The molecule has 0 aromatic rings. The van der Waals surface area contributed by atoms with E-state index in [0.29, 0.717) is 10.8 Å². The van der Waals surface area contributed by atoms with Crippen LogP contribution in [-0.2, 0) is 0 Å². The monoisotopic (exact) mass is 228 g/mol. The molecule has 1 heterocycles. The molecule has 2 rings (SSSR count). The van der Waals surface area contributed by atoms with Crippen LogP contribution in [0.25, 0.3) is 0 Å². The number of hydrogen-bond acceptors (Lipinski definition) is 3. The molecule has 2 aliphatic rings. The first-order chi connectivity index (χ1) is 7.12. The molecule has 0 bridgehead atoms. The van der Waals surface area contributed by atoms with Crippen molar-refractivity contribution in [3.8, 4) is 0 Å². The number of thioether (sulfide) groups is 1. The van der Waals surface area contributed by atoms with Crippen molar-refractivity contribution >= 4 is 11.8 Å². The fraction of sp³-hybridized carbons (Fsp3) is 1.00. The van der Waals surface area contributed by atoms with Crippen molar-refractivity contribution in [1.29, 1.82) is 0 Å². The summed E-state index contributed by atoms with van der Waals surface area (Å²) in [6.45, 7) is 8.09. The van der Waals surface area contributed by atoms with Gasteiger partial charge >= 0.3 is 0 Å². The molecule has 88 valence electrons. The average Bonchev–Trinajstić information content (AvgIpc) is 2.97. The molecule has 0 aromatic carbocycles. The van der Waals surface area contributed by atoms with E-state index in [1.165, 1.54) is 38.1 Å². The van der Waals surface area contributed by atoms with Gasteiger partial charge in [-0.25, -0.2) is 0 Å². The molecule has 1 atom stereocenters. The minimum atomic E-state index is 0.470. The van der Waals surface area contributed by atoms with E-state index in [9.17, 15) is 0 Å². The average molecular weight is 228 g/mol. The van der Waals surface area contributed by atoms with Gasteiger partial charge in [-0.15, -0.1) is 0 Å². The molecular formula is C12H24N2S. The van der Waals surface area contributed by atoms with Crippen LogP contribution in [0, 0.1) is 5.92 Å². The first kappa shape index (κ1) is 11.7. The van der Waals surface area contributed by atoms with Gasteiger partial charge in [0.15, 0.2) is 0 Å². The molecule has 0 radical (unpaired) electrons. The van der Waals surface area contributed by atoms with Gasteiger partial charge in [0.25, 0.3) is 0 Å². The second-order valence-electron chi connectivity index (χ2n) is 5.53. The summed E-state index contributed by atoms with van der Waals surface area (Å²) in [5, 5.41) is 0. The maximum atomic E-state index is 5.91. The molecule has 1 saturated heterocycles. The number of nitrogens with zero attached hydrogens (tertiary/aromatic N) is 1. The zero-order valence-corrected chi connectivity index (χ0v) is 10.9. The fourth-order valence-corrected chi connectivity index (χ4v) is 3.60. The Morgan fingerprint density at radius 1 is 1.40 bits per heavy atom. The summed E-state index contributed by atoms with van der Waals surface area (Å²) in [5.74, 6) is 2.19. The van der Waals surface area contributed by atoms with Crippen LogP contribution < -0.4 is 5.73 Å². The molecule has 15 heavy (non-hydrogen) atoms. The van der Waals surface area contributed by atoms with Crippen LogP contribution in [0.4, 0.5) is 0 Å². The lowest BCUT2D eigenvalue weighted by Gasteiger charge is -2.30. The van der Waals surface area contributed by atoms with Crippen LogP contribution in [-0.4, -0.2) is 41.1 Å².